The topological polar surface area (TPSA) is 82.5 Å². The molecule has 0 aliphatic carbocycles. The van der Waals surface area contributed by atoms with Gasteiger partial charge in [-0.3, -0.25) is 14.9 Å². The van der Waals surface area contributed by atoms with Gasteiger partial charge in [0.25, 0.3) is 5.91 Å². The molecule has 0 unspecified atom stereocenters. The number of thiazole rings is 1. The van der Waals surface area contributed by atoms with Crippen molar-refractivity contribution in [2.75, 3.05) is 11.4 Å². The number of nitrogens with one attached hydrogen (secondary N) is 1. The molecule has 0 atom stereocenters. The first-order valence-corrected chi connectivity index (χ1v) is 5.94. The molecule has 1 aromatic heterocycles. The van der Waals surface area contributed by atoms with Crippen LogP contribution in [0.3, 0.4) is 0 Å². The summed E-state index contributed by atoms with van der Waals surface area (Å²) in [6.45, 7) is 3.47. The summed E-state index contributed by atoms with van der Waals surface area (Å²) in [7, 11) is 0. The molecule has 0 saturated carbocycles. The van der Waals surface area contributed by atoms with Gasteiger partial charge in [-0.2, -0.15) is 0 Å². The van der Waals surface area contributed by atoms with Crippen molar-refractivity contribution in [1.82, 2.24) is 10.3 Å². The van der Waals surface area contributed by atoms with Gasteiger partial charge in [0.05, 0.1) is 11.5 Å². The van der Waals surface area contributed by atoms with Gasteiger partial charge in [0.15, 0.2) is 5.13 Å². The number of nitrogens with zero attached hydrogens (tertiary/aromatic N) is 2. The Morgan fingerprint density at radius 3 is 2.88 bits per heavy atom. The van der Waals surface area contributed by atoms with Crippen LogP contribution in [0.2, 0.25) is 0 Å². The number of imide groups is 1. The van der Waals surface area contributed by atoms with Crippen molar-refractivity contribution in [3.05, 3.63) is 11.1 Å². The lowest BCUT2D eigenvalue weighted by Gasteiger charge is -2.39. The Morgan fingerprint density at radius 1 is 1.59 bits per heavy atom. The molecule has 2 rings (SSSR count). The Balaban J connectivity index is 2.34. The average molecular weight is 255 g/mol. The maximum atomic E-state index is 11.7. The number of aromatic nitrogens is 1. The van der Waals surface area contributed by atoms with E-state index in [0.717, 1.165) is 0 Å². The molecule has 0 aromatic carbocycles. The fourth-order valence-electron chi connectivity index (χ4n) is 1.58. The highest BCUT2D eigenvalue weighted by molar-refractivity contribution is 7.15. The second kappa shape index (κ2) is 4.08. The first kappa shape index (κ1) is 12.0. The van der Waals surface area contributed by atoms with Crippen LogP contribution < -0.4 is 10.2 Å². The van der Waals surface area contributed by atoms with E-state index in [2.05, 4.69) is 10.3 Å². The van der Waals surface area contributed by atoms with Gasteiger partial charge in [0.1, 0.15) is 12.1 Å². The van der Waals surface area contributed by atoms with Crippen LogP contribution in [0.15, 0.2) is 6.20 Å². The first-order chi connectivity index (χ1) is 7.95. The minimum Gasteiger partial charge on any atom is -0.391 e. The van der Waals surface area contributed by atoms with Gasteiger partial charge in [-0.05, 0) is 13.8 Å². The van der Waals surface area contributed by atoms with Crippen LogP contribution in [0.4, 0.5) is 5.13 Å². The van der Waals surface area contributed by atoms with Crippen molar-refractivity contribution in [2.24, 2.45) is 0 Å². The normalized spacial score (nSPS) is 19.4. The van der Waals surface area contributed by atoms with Crippen molar-refractivity contribution in [2.45, 2.75) is 26.0 Å². The quantitative estimate of drug-likeness (QED) is 0.720. The number of anilines is 1. The molecule has 0 spiro atoms. The number of aliphatic hydroxyl groups is 1. The van der Waals surface area contributed by atoms with E-state index < -0.39 is 5.54 Å². The highest BCUT2D eigenvalue weighted by Crippen LogP contribution is 2.30. The Hall–Kier alpha value is -1.47. The first-order valence-electron chi connectivity index (χ1n) is 5.12. The second-order valence-corrected chi connectivity index (χ2v) is 5.38. The molecule has 92 valence electrons. The molecule has 1 aliphatic rings. The maximum Gasteiger partial charge on any atom is 0.251 e. The van der Waals surface area contributed by atoms with Gasteiger partial charge in [-0.1, -0.05) is 11.3 Å². The Labute approximate surface area is 102 Å². The smallest absolute Gasteiger partial charge is 0.251 e. The summed E-state index contributed by atoms with van der Waals surface area (Å²) in [6.07, 6.45) is 1.55. The lowest BCUT2D eigenvalue weighted by Crippen LogP contribution is -2.64. The third-order valence-corrected chi connectivity index (χ3v) is 3.72. The molecule has 7 heteroatoms. The van der Waals surface area contributed by atoms with Crippen molar-refractivity contribution in [3.63, 3.8) is 0 Å². The summed E-state index contributed by atoms with van der Waals surface area (Å²) in [6, 6.07) is 0. The number of amides is 2. The minimum absolute atomic E-state index is 0.0912. The fourth-order valence-corrected chi connectivity index (χ4v) is 2.50. The summed E-state index contributed by atoms with van der Waals surface area (Å²) in [5.41, 5.74) is -0.821. The predicted molar refractivity (Wildman–Crippen MR) is 62.6 cm³/mol. The highest BCUT2D eigenvalue weighted by atomic mass is 32.1. The van der Waals surface area contributed by atoms with Crippen LogP contribution in [0.25, 0.3) is 0 Å². The largest absolute Gasteiger partial charge is 0.391 e. The number of piperazine rings is 1. The van der Waals surface area contributed by atoms with Crippen molar-refractivity contribution >= 4 is 28.3 Å². The van der Waals surface area contributed by atoms with Gasteiger partial charge < -0.3 is 10.0 Å². The van der Waals surface area contributed by atoms with Crippen LogP contribution in [0, 0.1) is 0 Å². The van der Waals surface area contributed by atoms with Gasteiger partial charge in [-0.15, -0.1) is 0 Å². The van der Waals surface area contributed by atoms with Crippen LogP contribution in [0.1, 0.15) is 18.7 Å². The van der Waals surface area contributed by atoms with Crippen molar-refractivity contribution < 1.29 is 14.7 Å². The fraction of sp³-hybridized carbons (Fsp3) is 0.500. The molecular formula is C10H13N3O3S. The number of rotatable bonds is 2. The van der Waals surface area contributed by atoms with E-state index in [1.165, 1.54) is 11.3 Å². The monoisotopic (exact) mass is 255 g/mol. The molecule has 1 aliphatic heterocycles. The van der Waals surface area contributed by atoms with E-state index in [4.69, 9.17) is 5.11 Å². The lowest BCUT2D eigenvalue weighted by molar-refractivity contribution is -0.135. The summed E-state index contributed by atoms with van der Waals surface area (Å²) < 4.78 is 0. The summed E-state index contributed by atoms with van der Waals surface area (Å²) in [4.78, 5) is 29.6. The molecule has 1 aromatic rings. The van der Waals surface area contributed by atoms with E-state index in [1.54, 1.807) is 24.9 Å². The van der Waals surface area contributed by atoms with E-state index in [0.29, 0.717) is 10.0 Å². The number of hydrogen-bond donors (Lipinski definition) is 2. The molecular weight excluding hydrogens is 242 g/mol. The molecule has 6 nitrogen and oxygen atoms in total. The lowest BCUT2D eigenvalue weighted by atomic mass is 10.00. The predicted octanol–water partition coefficient (Wildman–Crippen LogP) is -0.123. The average Bonchev–Trinajstić information content (AvgIpc) is 2.72. The van der Waals surface area contributed by atoms with E-state index in [-0.39, 0.29) is 25.0 Å². The van der Waals surface area contributed by atoms with Crippen molar-refractivity contribution in [1.29, 1.82) is 0 Å². The third kappa shape index (κ3) is 2.03. The zero-order valence-electron chi connectivity index (χ0n) is 9.56. The van der Waals surface area contributed by atoms with E-state index in [9.17, 15) is 9.59 Å². The summed E-state index contributed by atoms with van der Waals surface area (Å²) in [5.74, 6) is -0.676. The Morgan fingerprint density at radius 2 is 2.29 bits per heavy atom. The number of carbonyl (C=O) groups is 2. The van der Waals surface area contributed by atoms with Gasteiger partial charge in [0.2, 0.25) is 5.91 Å². The third-order valence-electron chi connectivity index (χ3n) is 2.71. The van der Waals surface area contributed by atoms with Crippen LogP contribution in [0.5, 0.6) is 0 Å². The maximum absolute atomic E-state index is 11.7. The van der Waals surface area contributed by atoms with Crippen LogP contribution in [-0.4, -0.2) is 34.0 Å². The molecule has 1 saturated heterocycles. The van der Waals surface area contributed by atoms with Crippen molar-refractivity contribution in [3.8, 4) is 0 Å². The number of hydrogen-bond acceptors (Lipinski definition) is 6. The minimum atomic E-state index is -0.821. The zero-order valence-corrected chi connectivity index (χ0v) is 10.4. The number of carbonyl (C=O) groups excluding carboxylic acids is 2. The van der Waals surface area contributed by atoms with Gasteiger partial charge in [0, 0.05) is 6.20 Å². The Bertz CT molecular complexity index is 469. The van der Waals surface area contributed by atoms with E-state index in [1.807, 2.05) is 0 Å². The molecule has 0 bridgehead atoms. The standard InChI is InChI=1S/C10H13N3O3S/c1-10(2)8(16)12-7(15)4-13(10)9-11-3-6(5-14)17-9/h3,14H,4-5H2,1-2H3,(H,12,15,16). The molecule has 0 radical (unpaired) electrons. The van der Waals surface area contributed by atoms with E-state index >= 15 is 0 Å². The zero-order chi connectivity index (χ0) is 12.6. The van der Waals surface area contributed by atoms with Crippen LogP contribution >= 0.6 is 11.3 Å². The summed E-state index contributed by atoms with van der Waals surface area (Å²) in [5, 5.41) is 11.9. The Kier molecular flexibility index (Phi) is 2.88. The molecule has 1 fully saturated rings. The molecule has 2 N–H and O–H groups in total. The molecule has 17 heavy (non-hydrogen) atoms. The van der Waals surface area contributed by atoms with Gasteiger partial charge >= 0.3 is 0 Å². The molecule has 2 heterocycles. The molecule has 2 amide bonds. The highest BCUT2D eigenvalue weighted by Gasteiger charge is 2.42. The SMILES string of the molecule is CC1(C)C(=O)NC(=O)CN1c1ncc(CO)s1. The van der Waals surface area contributed by atoms with Gasteiger partial charge in [-0.25, -0.2) is 4.98 Å². The van der Waals surface area contributed by atoms with Crippen LogP contribution in [-0.2, 0) is 16.2 Å². The summed E-state index contributed by atoms with van der Waals surface area (Å²) >= 11 is 1.28. The number of aliphatic hydroxyl groups excluding tert-OH is 1. The second-order valence-electron chi connectivity index (χ2n) is 4.29.